The molecule has 2 aromatic carbocycles. The predicted octanol–water partition coefficient (Wildman–Crippen LogP) is 5.35. The van der Waals surface area contributed by atoms with E-state index in [2.05, 4.69) is 74.6 Å². The van der Waals surface area contributed by atoms with E-state index < -0.39 is 0 Å². The van der Waals surface area contributed by atoms with E-state index in [4.69, 9.17) is 0 Å². The van der Waals surface area contributed by atoms with Gasteiger partial charge in [0.05, 0.1) is 0 Å². The van der Waals surface area contributed by atoms with Crippen molar-refractivity contribution < 1.29 is 0 Å². The molecule has 1 nitrogen and oxygen atoms in total. The summed E-state index contributed by atoms with van der Waals surface area (Å²) >= 11 is 0. The van der Waals surface area contributed by atoms with E-state index in [0.29, 0.717) is 5.92 Å². The number of anilines is 2. The third-order valence-corrected chi connectivity index (χ3v) is 3.66. The van der Waals surface area contributed by atoms with Crippen molar-refractivity contribution in [3.8, 4) is 0 Å². The Morgan fingerprint density at radius 1 is 0.842 bits per heavy atom. The molecule has 0 fully saturated rings. The fourth-order valence-corrected chi connectivity index (χ4v) is 2.44. The molecule has 1 N–H and O–H groups in total. The summed E-state index contributed by atoms with van der Waals surface area (Å²) < 4.78 is 0. The monoisotopic (exact) mass is 249 g/mol. The fourth-order valence-electron chi connectivity index (χ4n) is 2.44. The SMILES string of the molecule is Cc1ccc2c(c1)Nc1ccc(C(C)C)cc1C=C2. The van der Waals surface area contributed by atoms with Gasteiger partial charge in [-0.15, -0.1) is 0 Å². The van der Waals surface area contributed by atoms with Crippen molar-refractivity contribution in [1.29, 1.82) is 0 Å². The highest BCUT2D eigenvalue weighted by atomic mass is 14.9. The first-order valence-electron chi connectivity index (χ1n) is 6.83. The Hall–Kier alpha value is -2.02. The minimum absolute atomic E-state index is 0.562. The predicted molar refractivity (Wildman–Crippen MR) is 83.9 cm³/mol. The molecule has 1 heteroatoms. The van der Waals surface area contributed by atoms with Crippen LogP contribution in [0.3, 0.4) is 0 Å². The van der Waals surface area contributed by atoms with Gasteiger partial charge in [0.2, 0.25) is 0 Å². The zero-order chi connectivity index (χ0) is 13.4. The number of hydrogen-bond donors (Lipinski definition) is 1. The summed E-state index contributed by atoms with van der Waals surface area (Å²) in [6.45, 7) is 6.58. The molecular formula is C18H19N. The zero-order valence-electron chi connectivity index (χ0n) is 11.7. The number of rotatable bonds is 1. The van der Waals surface area contributed by atoms with Gasteiger partial charge >= 0.3 is 0 Å². The first-order chi connectivity index (χ1) is 9.13. The first kappa shape index (κ1) is 12.0. The van der Waals surface area contributed by atoms with E-state index in [-0.39, 0.29) is 0 Å². The van der Waals surface area contributed by atoms with Crippen LogP contribution in [0.4, 0.5) is 11.4 Å². The Kier molecular flexibility index (Phi) is 2.90. The summed E-state index contributed by atoms with van der Waals surface area (Å²) in [4.78, 5) is 0. The second-order valence-corrected chi connectivity index (χ2v) is 5.55. The maximum Gasteiger partial charge on any atom is 0.0460 e. The van der Waals surface area contributed by atoms with Crippen LogP contribution < -0.4 is 5.32 Å². The quantitative estimate of drug-likeness (QED) is 0.613. The van der Waals surface area contributed by atoms with E-state index in [1.807, 2.05) is 0 Å². The number of aryl methyl sites for hydroxylation is 1. The van der Waals surface area contributed by atoms with Crippen molar-refractivity contribution in [1.82, 2.24) is 0 Å². The van der Waals surface area contributed by atoms with E-state index in [1.54, 1.807) is 0 Å². The maximum atomic E-state index is 3.55. The summed E-state index contributed by atoms with van der Waals surface area (Å²) in [5.74, 6) is 0.562. The summed E-state index contributed by atoms with van der Waals surface area (Å²) in [5.41, 5.74) is 7.54. The van der Waals surface area contributed by atoms with Gasteiger partial charge in [0.25, 0.3) is 0 Å². The Morgan fingerprint density at radius 2 is 1.63 bits per heavy atom. The van der Waals surface area contributed by atoms with Gasteiger partial charge in [-0.1, -0.05) is 44.2 Å². The number of nitrogens with one attached hydrogen (secondary N) is 1. The minimum atomic E-state index is 0.562. The van der Waals surface area contributed by atoms with Crippen molar-refractivity contribution in [2.75, 3.05) is 5.32 Å². The molecule has 0 aromatic heterocycles. The third kappa shape index (κ3) is 2.28. The van der Waals surface area contributed by atoms with E-state index in [1.165, 1.54) is 33.6 Å². The normalized spacial score (nSPS) is 12.6. The smallest absolute Gasteiger partial charge is 0.0460 e. The van der Waals surface area contributed by atoms with Crippen molar-refractivity contribution in [3.63, 3.8) is 0 Å². The van der Waals surface area contributed by atoms with E-state index in [0.717, 1.165) is 0 Å². The molecule has 19 heavy (non-hydrogen) atoms. The molecule has 1 aliphatic rings. The van der Waals surface area contributed by atoms with Crippen LogP contribution in [0.5, 0.6) is 0 Å². The molecule has 3 rings (SSSR count). The molecule has 0 saturated heterocycles. The van der Waals surface area contributed by atoms with Crippen LogP contribution in [0, 0.1) is 6.92 Å². The van der Waals surface area contributed by atoms with Crippen LogP contribution in [0.15, 0.2) is 36.4 Å². The van der Waals surface area contributed by atoms with Crippen LogP contribution in [0.2, 0.25) is 0 Å². The lowest BCUT2D eigenvalue weighted by atomic mass is 9.99. The average molecular weight is 249 g/mol. The Balaban J connectivity index is 2.09. The minimum Gasteiger partial charge on any atom is -0.355 e. The van der Waals surface area contributed by atoms with Crippen LogP contribution in [-0.2, 0) is 0 Å². The summed E-state index contributed by atoms with van der Waals surface area (Å²) in [7, 11) is 0. The van der Waals surface area contributed by atoms with Gasteiger partial charge in [0, 0.05) is 11.4 Å². The number of hydrogen-bond acceptors (Lipinski definition) is 1. The molecule has 0 atom stereocenters. The van der Waals surface area contributed by atoms with Crippen LogP contribution in [0.1, 0.15) is 42.0 Å². The van der Waals surface area contributed by atoms with Gasteiger partial charge in [0.15, 0.2) is 0 Å². The van der Waals surface area contributed by atoms with Gasteiger partial charge in [-0.25, -0.2) is 0 Å². The molecule has 96 valence electrons. The molecule has 0 saturated carbocycles. The molecule has 0 amide bonds. The molecule has 0 radical (unpaired) electrons. The molecule has 0 aliphatic carbocycles. The van der Waals surface area contributed by atoms with Crippen molar-refractivity contribution >= 4 is 23.5 Å². The maximum absolute atomic E-state index is 3.55. The van der Waals surface area contributed by atoms with Crippen molar-refractivity contribution in [2.45, 2.75) is 26.7 Å². The van der Waals surface area contributed by atoms with Crippen LogP contribution >= 0.6 is 0 Å². The lowest BCUT2D eigenvalue weighted by Gasteiger charge is -2.13. The van der Waals surface area contributed by atoms with Gasteiger partial charge in [-0.3, -0.25) is 0 Å². The average Bonchev–Trinajstić information content (AvgIpc) is 2.56. The molecular weight excluding hydrogens is 230 g/mol. The summed E-state index contributed by atoms with van der Waals surface area (Å²) in [6.07, 6.45) is 4.40. The lowest BCUT2D eigenvalue weighted by molar-refractivity contribution is 0.866. The molecule has 1 heterocycles. The van der Waals surface area contributed by atoms with Gasteiger partial charge < -0.3 is 5.32 Å². The Labute approximate surface area is 115 Å². The first-order valence-corrected chi connectivity index (χ1v) is 6.83. The summed E-state index contributed by atoms with van der Waals surface area (Å²) in [5, 5.41) is 3.55. The Morgan fingerprint density at radius 3 is 2.42 bits per heavy atom. The van der Waals surface area contributed by atoms with Gasteiger partial charge in [-0.2, -0.15) is 0 Å². The zero-order valence-corrected chi connectivity index (χ0v) is 11.7. The third-order valence-electron chi connectivity index (χ3n) is 3.66. The second kappa shape index (κ2) is 4.58. The standard InChI is InChI=1S/C18H19N/c1-12(2)15-8-9-17-16(11-15)7-6-14-5-4-13(3)10-18(14)19-17/h4-12,19H,1-3H3. The highest BCUT2D eigenvalue weighted by molar-refractivity contribution is 5.87. The van der Waals surface area contributed by atoms with Crippen LogP contribution in [-0.4, -0.2) is 0 Å². The largest absolute Gasteiger partial charge is 0.355 e. The fraction of sp³-hybridized carbons (Fsp3) is 0.222. The lowest BCUT2D eigenvalue weighted by Crippen LogP contribution is -1.95. The highest BCUT2D eigenvalue weighted by Gasteiger charge is 2.10. The van der Waals surface area contributed by atoms with E-state index in [9.17, 15) is 0 Å². The molecule has 0 bridgehead atoms. The number of benzene rings is 2. The van der Waals surface area contributed by atoms with Crippen molar-refractivity contribution in [3.05, 3.63) is 58.7 Å². The van der Waals surface area contributed by atoms with Gasteiger partial charge in [-0.05, 0) is 53.3 Å². The Bertz CT molecular complexity index is 651. The summed E-state index contributed by atoms with van der Waals surface area (Å²) in [6, 6.07) is 13.2. The molecule has 0 spiro atoms. The topological polar surface area (TPSA) is 12.0 Å². The number of fused-ring (bicyclic) bond motifs is 2. The van der Waals surface area contributed by atoms with Crippen LogP contribution in [0.25, 0.3) is 12.2 Å². The van der Waals surface area contributed by atoms with E-state index >= 15 is 0 Å². The molecule has 0 unspecified atom stereocenters. The molecule has 2 aromatic rings. The highest BCUT2D eigenvalue weighted by Crippen LogP contribution is 2.32. The second-order valence-electron chi connectivity index (χ2n) is 5.55. The molecule has 1 aliphatic heterocycles. The van der Waals surface area contributed by atoms with Gasteiger partial charge in [0.1, 0.15) is 0 Å². The van der Waals surface area contributed by atoms with Crippen molar-refractivity contribution in [2.24, 2.45) is 0 Å².